The minimum Gasteiger partial charge on any atom is -0.348 e. The Kier molecular flexibility index (Phi) is 5.06. The molecular weight excluding hydrogens is 366 g/mol. The third kappa shape index (κ3) is 3.60. The van der Waals surface area contributed by atoms with Gasteiger partial charge in [0.15, 0.2) is 5.65 Å². The Balaban J connectivity index is 1.98. The van der Waals surface area contributed by atoms with Crippen LogP contribution in [-0.2, 0) is 6.54 Å². The molecule has 3 rings (SSSR count). The van der Waals surface area contributed by atoms with Crippen LogP contribution in [0.5, 0.6) is 0 Å². The molecule has 3 aromatic heterocycles. The molecule has 2 N–H and O–H groups in total. The summed E-state index contributed by atoms with van der Waals surface area (Å²) in [6, 6.07) is 3.49. The molecule has 0 radical (unpaired) electrons. The molecule has 0 aromatic carbocycles. The molecule has 142 valence electrons. The van der Waals surface area contributed by atoms with E-state index in [2.05, 4.69) is 20.4 Å². The lowest BCUT2D eigenvalue weighted by Crippen LogP contribution is -2.28. The minimum atomic E-state index is -0.324. The first kappa shape index (κ1) is 19.1. The third-order valence-corrected chi connectivity index (χ3v) is 4.65. The molecule has 3 heterocycles. The molecule has 0 atom stereocenters. The summed E-state index contributed by atoms with van der Waals surface area (Å²) in [5, 5.41) is 8.20. The first-order valence-electron chi connectivity index (χ1n) is 8.72. The number of pyridine rings is 2. The summed E-state index contributed by atoms with van der Waals surface area (Å²) in [6.45, 7) is 9.60. The quantitative estimate of drug-likeness (QED) is 0.672. The van der Waals surface area contributed by atoms with E-state index in [1.54, 1.807) is 4.68 Å². The maximum absolute atomic E-state index is 12.9. The Bertz CT molecular complexity index is 1100. The van der Waals surface area contributed by atoms with Gasteiger partial charge in [0, 0.05) is 23.8 Å². The van der Waals surface area contributed by atoms with Crippen molar-refractivity contribution in [1.29, 1.82) is 0 Å². The maximum atomic E-state index is 12.9. The molecule has 0 unspecified atom stereocenters. The number of aromatic nitrogens is 4. The number of carbonyl (C=O) groups is 1. The molecule has 7 nitrogen and oxygen atoms in total. The highest BCUT2D eigenvalue weighted by atomic mass is 35.5. The Morgan fingerprint density at radius 3 is 2.63 bits per heavy atom. The van der Waals surface area contributed by atoms with Gasteiger partial charge >= 0.3 is 0 Å². The van der Waals surface area contributed by atoms with Crippen LogP contribution in [0.2, 0.25) is 5.15 Å². The lowest BCUT2D eigenvalue weighted by Gasteiger charge is -2.10. The number of hydrogen-bond donors (Lipinski definition) is 2. The highest BCUT2D eigenvalue weighted by molar-refractivity contribution is 6.30. The van der Waals surface area contributed by atoms with E-state index in [1.165, 1.54) is 6.07 Å². The standard InChI is InChI=1S/C19H22ClN5O2/c1-9(2)25-17-16(12(5)24-25)13(7-15(20)23-17)18(26)21-8-14-10(3)6-11(4)22-19(14)27/h6-7,9H,8H2,1-5H3,(H,21,26)(H,22,27). The van der Waals surface area contributed by atoms with Crippen molar-refractivity contribution in [3.63, 3.8) is 0 Å². The molecule has 3 aromatic rings. The first-order valence-corrected chi connectivity index (χ1v) is 9.09. The van der Waals surface area contributed by atoms with Crippen molar-refractivity contribution in [3.05, 3.63) is 55.7 Å². The topological polar surface area (TPSA) is 92.7 Å². The van der Waals surface area contributed by atoms with Crippen LogP contribution in [-0.4, -0.2) is 25.7 Å². The van der Waals surface area contributed by atoms with Crippen molar-refractivity contribution >= 4 is 28.5 Å². The van der Waals surface area contributed by atoms with Crippen molar-refractivity contribution in [3.8, 4) is 0 Å². The van der Waals surface area contributed by atoms with Crippen LogP contribution in [0.25, 0.3) is 11.0 Å². The van der Waals surface area contributed by atoms with Gasteiger partial charge in [0.25, 0.3) is 11.5 Å². The van der Waals surface area contributed by atoms with Crippen molar-refractivity contribution in [2.24, 2.45) is 0 Å². The van der Waals surface area contributed by atoms with E-state index in [0.29, 0.717) is 27.9 Å². The number of nitrogens with zero attached hydrogens (tertiary/aromatic N) is 3. The minimum absolute atomic E-state index is 0.0804. The summed E-state index contributed by atoms with van der Waals surface area (Å²) in [7, 11) is 0. The zero-order valence-electron chi connectivity index (χ0n) is 16.0. The van der Waals surface area contributed by atoms with Gasteiger partial charge in [-0.2, -0.15) is 5.10 Å². The monoisotopic (exact) mass is 387 g/mol. The number of rotatable bonds is 4. The SMILES string of the molecule is Cc1cc(C)c(CNC(=O)c2cc(Cl)nc3c2c(C)nn3C(C)C)c(=O)[nH]1. The summed E-state index contributed by atoms with van der Waals surface area (Å²) >= 11 is 6.15. The number of amides is 1. The number of carbonyl (C=O) groups excluding carboxylic acids is 1. The van der Waals surface area contributed by atoms with Gasteiger partial charge < -0.3 is 10.3 Å². The fourth-order valence-electron chi connectivity index (χ4n) is 3.19. The molecular formula is C19H22ClN5O2. The molecule has 27 heavy (non-hydrogen) atoms. The Morgan fingerprint density at radius 1 is 1.30 bits per heavy atom. The predicted octanol–water partition coefficient (Wildman–Crippen LogP) is 3.21. The second-order valence-electron chi connectivity index (χ2n) is 6.94. The molecule has 0 aliphatic carbocycles. The van der Waals surface area contributed by atoms with Crippen LogP contribution in [0.4, 0.5) is 0 Å². The Hall–Kier alpha value is -2.67. The number of fused-ring (bicyclic) bond motifs is 1. The Morgan fingerprint density at radius 2 is 2.00 bits per heavy atom. The average molecular weight is 388 g/mol. The molecule has 0 saturated carbocycles. The summed E-state index contributed by atoms with van der Waals surface area (Å²) in [5.41, 5.74) is 3.62. The number of aryl methyl sites for hydroxylation is 3. The number of halogens is 1. The summed E-state index contributed by atoms with van der Waals surface area (Å²) in [5.74, 6) is -0.324. The normalized spacial score (nSPS) is 11.4. The van der Waals surface area contributed by atoms with Crippen molar-refractivity contribution in [2.75, 3.05) is 0 Å². The van der Waals surface area contributed by atoms with Gasteiger partial charge in [-0.25, -0.2) is 9.67 Å². The van der Waals surface area contributed by atoms with E-state index < -0.39 is 0 Å². The van der Waals surface area contributed by atoms with Crippen LogP contribution < -0.4 is 10.9 Å². The number of hydrogen-bond acceptors (Lipinski definition) is 4. The smallest absolute Gasteiger partial charge is 0.253 e. The fourth-order valence-corrected chi connectivity index (χ4v) is 3.38. The molecule has 0 spiro atoms. The second-order valence-corrected chi connectivity index (χ2v) is 7.33. The highest BCUT2D eigenvalue weighted by Gasteiger charge is 2.20. The fraction of sp³-hybridized carbons (Fsp3) is 0.368. The third-order valence-electron chi connectivity index (χ3n) is 4.46. The summed E-state index contributed by atoms with van der Waals surface area (Å²) in [6.07, 6.45) is 0. The van der Waals surface area contributed by atoms with Crippen LogP contribution in [0.3, 0.4) is 0 Å². The van der Waals surface area contributed by atoms with E-state index in [-0.39, 0.29) is 29.2 Å². The van der Waals surface area contributed by atoms with E-state index >= 15 is 0 Å². The van der Waals surface area contributed by atoms with Gasteiger partial charge in [0.2, 0.25) is 0 Å². The van der Waals surface area contributed by atoms with Crippen molar-refractivity contribution in [1.82, 2.24) is 25.1 Å². The van der Waals surface area contributed by atoms with Crippen LogP contribution in [0, 0.1) is 20.8 Å². The van der Waals surface area contributed by atoms with Crippen LogP contribution in [0.1, 0.15) is 52.8 Å². The van der Waals surface area contributed by atoms with Crippen LogP contribution >= 0.6 is 11.6 Å². The van der Waals surface area contributed by atoms with Crippen molar-refractivity contribution in [2.45, 2.75) is 47.2 Å². The number of nitrogens with one attached hydrogen (secondary N) is 2. The van der Waals surface area contributed by atoms with Gasteiger partial charge in [-0.05, 0) is 52.3 Å². The number of aromatic amines is 1. The lowest BCUT2D eigenvalue weighted by molar-refractivity contribution is 0.0952. The maximum Gasteiger partial charge on any atom is 0.253 e. The molecule has 1 amide bonds. The average Bonchev–Trinajstić information content (AvgIpc) is 2.89. The van der Waals surface area contributed by atoms with Gasteiger partial charge in [0.05, 0.1) is 16.6 Å². The van der Waals surface area contributed by atoms with Gasteiger partial charge in [-0.15, -0.1) is 0 Å². The Labute approximate surface area is 161 Å². The molecule has 8 heteroatoms. The van der Waals surface area contributed by atoms with Gasteiger partial charge in [-0.3, -0.25) is 9.59 Å². The summed E-state index contributed by atoms with van der Waals surface area (Å²) < 4.78 is 1.75. The molecule has 0 aliphatic heterocycles. The second kappa shape index (κ2) is 7.15. The van der Waals surface area contributed by atoms with E-state index in [4.69, 9.17) is 11.6 Å². The van der Waals surface area contributed by atoms with Crippen LogP contribution in [0.15, 0.2) is 16.9 Å². The van der Waals surface area contributed by atoms with E-state index in [1.807, 2.05) is 40.7 Å². The largest absolute Gasteiger partial charge is 0.348 e. The van der Waals surface area contributed by atoms with Gasteiger partial charge in [-0.1, -0.05) is 11.6 Å². The molecule has 0 aliphatic rings. The summed E-state index contributed by atoms with van der Waals surface area (Å²) in [4.78, 5) is 32.1. The van der Waals surface area contributed by atoms with E-state index in [0.717, 1.165) is 11.3 Å². The highest BCUT2D eigenvalue weighted by Crippen LogP contribution is 2.26. The van der Waals surface area contributed by atoms with Gasteiger partial charge in [0.1, 0.15) is 5.15 Å². The van der Waals surface area contributed by atoms with Crippen molar-refractivity contribution < 1.29 is 4.79 Å². The number of H-pyrrole nitrogens is 1. The lowest BCUT2D eigenvalue weighted by atomic mass is 10.1. The zero-order valence-corrected chi connectivity index (χ0v) is 16.7. The molecule has 0 fully saturated rings. The predicted molar refractivity (Wildman–Crippen MR) is 105 cm³/mol. The molecule has 0 saturated heterocycles. The first-order chi connectivity index (χ1) is 12.7. The van der Waals surface area contributed by atoms with E-state index in [9.17, 15) is 9.59 Å². The zero-order chi connectivity index (χ0) is 19.9. The molecule has 0 bridgehead atoms.